The Morgan fingerprint density at radius 1 is 1.62 bits per heavy atom. The lowest BCUT2D eigenvalue weighted by atomic mass is 10.5. The van der Waals surface area contributed by atoms with Crippen LogP contribution in [0.4, 0.5) is 0 Å². The van der Waals surface area contributed by atoms with Gasteiger partial charge >= 0.3 is 0 Å². The van der Waals surface area contributed by atoms with Crippen LogP contribution < -0.4 is 0 Å². The lowest BCUT2D eigenvalue weighted by Gasteiger charge is -2.05. The molecule has 1 aromatic rings. The predicted octanol–water partition coefficient (Wildman–Crippen LogP) is 1.68. The molecule has 0 bridgehead atoms. The fourth-order valence-electron chi connectivity index (χ4n) is 1.25. The molecule has 70 valence electrons. The van der Waals surface area contributed by atoms with Crippen LogP contribution in [-0.2, 0) is 11.5 Å². The molecule has 0 amide bonds. The molecule has 0 radical (unpaired) electrons. The average molecular weight is 179 g/mol. The van der Waals surface area contributed by atoms with Gasteiger partial charge in [0.15, 0.2) is 6.29 Å². The fraction of sp³-hybridized carbons (Fsp3) is 0.500. The third kappa shape index (κ3) is 2.18. The van der Waals surface area contributed by atoms with Crippen molar-refractivity contribution in [3.8, 4) is 0 Å². The second kappa shape index (κ2) is 3.75. The second-order valence-electron chi connectivity index (χ2n) is 3.46. The number of aromatic nitrogens is 1. The van der Waals surface area contributed by atoms with Crippen molar-refractivity contribution >= 4 is 6.29 Å². The van der Waals surface area contributed by atoms with Gasteiger partial charge in [0.25, 0.3) is 0 Å². The van der Waals surface area contributed by atoms with Crippen LogP contribution in [0.2, 0.25) is 0 Å². The van der Waals surface area contributed by atoms with Crippen molar-refractivity contribution in [3.63, 3.8) is 0 Å². The van der Waals surface area contributed by atoms with Gasteiger partial charge in [0.2, 0.25) is 0 Å². The molecule has 13 heavy (non-hydrogen) atoms. The molecule has 1 heterocycles. The molecule has 1 fully saturated rings. The first-order valence-corrected chi connectivity index (χ1v) is 4.58. The second-order valence-corrected chi connectivity index (χ2v) is 3.46. The molecular formula is C10H13NO2. The summed E-state index contributed by atoms with van der Waals surface area (Å²) in [6.07, 6.45) is 5.30. The molecule has 2 rings (SSSR count). The summed E-state index contributed by atoms with van der Waals surface area (Å²) in [4.78, 5) is 10.5. The molecule has 0 aliphatic heterocycles. The van der Waals surface area contributed by atoms with Gasteiger partial charge in [0, 0.05) is 6.20 Å². The maximum absolute atomic E-state index is 10.5. The maximum atomic E-state index is 10.5. The van der Waals surface area contributed by atoms with Crippen LogP contribution in [-0.4, -0.2) is 17.5 Å². The largest absolute Gasteiger partial charge is 0.360 e. The van der Waals surface area contributed by atoms with E-state index in [1.165, 1.54) is 12.8 Å². The molecule has 3 nitrogen and oxygen atoms in total. The summed E-state index contributed by atoms with van der Waals surface area (Å²) >= 11 is 0. The highest BCUT2D eigenvalue weighted by Gasteiger charge is 2.21. The van der Waals surface area contributed by atoms with E-state index in [9.17, 15) is 4.79 Å². The number of ether oxygens (including phenoxy) is 1. The summed E-state index contributed by atoms with van der Waals surface area (Å²) in [7, 11) is 0. The van der Waals surface area contributed by atoms with Gasteiger partial charge in [0.1, 0.15) is 6.73 Å². The summed E-state index contributed by atoms with van der Waals surface area (Å²) in [5.41, 5.74) is 0.677. The van der Waals surface area contributed by atoms with E-state index in [-0.39, 0.29) is 0 Å². The van der Waals surface area contributed by atoms with E-state index in [0.717, 1.165) is 18.8 Å². The van der Waals surface area contributed by atoms with Crippen LogP contribution in [0.5, 0.6) is 0 Å². The Bertz CT molecular complexity index is 289. The summed E-state index contributed by atoms with van der Waals surface area (Å²) in [6, 6.07) is 3.64. The van der Waals surface area contributed by atoms with E-state index >= 15 is 0 Å². The first kappa shape index (κ1) is 8.51. The zero-order valence-electron chi connectivity index (χ0n) is 7.48. The third-order valence-electron chi connectivity index (χ3n) is 2.27. The molecule has 0 spiro atoms. The standard InChI is InChI=1S/C10H13NO2/c12-6-10-2-1-5-11(10)8-13-7-9-3-4-9/h1-2,5-6,9H,3-4,7-8H2. The third-order valence-corrected chi connectivity index (χ3v) is 2.27. The van der Waals surface area contributed by atoms with E-state index in [1.807, 2.05) is 16.8 Å². The molecular weight excluding hydrogens is 166 g/mol. The normalized spacial score (nSPS) is 16.0. The highest BCUT2D eigenvalue weighted by molar-refractivity contribution is 5.72. The number of rotatable bonds is 5. The lowest BCUT2D eigenvalue weighted by Crippen LogP contribution is -2.06. The molecule has 0 aromatic carbocycles. The van der Waals surface area contributed by atoms with Crippen molar-refractivity contribution in [1.29, 1.82) is 0 Å². The zero-order chi connectivity index (χ0) is 9.10. The zero-order valence-corrected chi connectivity index (χ0v) is 7.48. The quantitative estimate of drug-likeness (QED) is 0.644. The Kier molecular flexibility index (Phi) is 2.45. The molecule has 0 N–H and O–H groups in total. The summed E-state index contributed by atoms with van der Waals surface area (Å²) < 4.78 is 7.26. The van der Waals surface area contributed by atoms with E-state index in [0.29, 0.717) is 12.4 Å². The van der Waals surface area contributed by atoms with Gasteiger partial charge in [-0.25, -0.2) is 0 Å². The first-order valence-electron chi connectivity index (χ1n) is 4.58. The number of hydrogen-bond donors (Lipinski definition) is 0. The van der Waals surface area contributed by atoms with Crippen LogP contribution in [0.1, 0.15) is 23.3 Å². The van der Waals surface area contributed by atoms with Gasteiger partial charge in [-0.1, -0.05) is 0 Å². The van der Waals surface area contributed by atoms with Crippen LogP contribution in [0.15, 0.2) is 18.3 Å². The van der Waals surface area contributed by atoms with Crippen molar-refractivity contribution < 1.29 is 9.53 Å². The minimum atomic E-state index is 0.498. The monoisotopic (exact) mass is 179 g/mol. The van der Waals surface area contributed by atoms with Crippen molar-refractivity contribution in [3.05, 3.63) is 24.0 Å². The van der Waals surface area contributed by atoms with Crippen LogP contribution >= 0.6 is 0 Å². The van der Waals surface area contributed by atoms with E-state index in [1.54, 1.807) is 6.07 Å². The molecule has 3 heteroatoms. The molecule has 1 aliphatic rings. The first-order chi connectivity index (χ1) is 6.40. The summed E-state index contributed by atoms with van der Waals surface area (Å²) in [5.74, 6) is 0.773. The lowest BCUT2D eigenvalue weighted by molar-refractivity contribution is 0.0671. The number of nitrogens with zero attached hydrogens (tertiary/aromatic N) is 1. The van der Waals surface area contributed by atoms with E-state index in [4.69, 9.17) is 4.74 Å². The molecule has 1 saturated carbocycles. The van der Waals surface area contributed by atoms with Crippen molar-refractivity contribution in [2.45, 2.75) is 19.6 Å². The van der Waals surface area contributed by atoms with Crippen molar-refractivity contribution in [1.82, 2.24) is 4.57 Å². The van der Waals surface area contributed by atoms with Gasteiger partial charge in [-0.15, -0.1) is 0 Å². The summed E-state index contributed by atoms with van der Waals surface area (Å²) in [6.45, 7) is 1.33. The number of carbonyl (C=O) groups is 1. The molecule has 0 atom stereocenters. The number of hydrogen-bond acceptors (Lipinski definition) is 2. The van der Waals surface area contributed by atoms with Gasteiger partial charge in [-0.05, 0) is 30.9 Å². The number of carbonyl (C=O) groups excluding carboxylic acids is 1. The van der Waals surface area contributed by atoms with Crippen molar-refractivity contribution in [2.24, 2.45) is 5.92 Å². The summed E-state index contributed by atoms with van der Waals surface area (Å²) in [5, 5.41) is 0. The number of aldehydes is 1. The smallest absolute Gasteiger partial charge is 0.166 e. The maximum Gasteiger partial charge on any atom is 0.166 e. The highest BCUT2D eigenvalue weighted by Crippen LogP contribution is 2.28. The molecule has 1 aromatic heterocycles. The molecule has 1 aliphatic carbocycles. The van der Waals surface area contributed by atoms with E-state index < -0.39 is 0 Å². The molecule has 0 saturated heterocycles. The van der Waals surface area contributed by atoms with Crippen LogP contribution in [0, 0.1) is 5.92 Å². The van der Waals surface area contributed by atoms with Crippen LogP contribution in [0.3, 0.4) is 0 Å². The van der Waals surface area contributed by atoms with Gasteiger partial charge in [0.05, 0.1) is 12.3 Å². The van der Waals surface area contributed by atoms with E-state index in [2.05, 4.69) is 0 Å². The van der Waals surface area contributed by atoms with Gasteiger partial charge < -0.3 is 9.30 Å². The Labute approximate surface area is 77.3 Å². The topological polar surface area (TPSA) is 31.2 Å². The van der Waals surface area contributed by atoms with Gasteiger partial charge in [-0.2, -0.15) is 0 Å². The average Bonchev–Trinajstić information content (AvgIpc) is 2.84. The SMILES string of the molecule is O=Cc1cccn1COCC1CC1. The van der Waals surface area contributed by atoms with Crippen molar-refractivity contribution in [2.75, 3.05) is 6.61 Å². The van der Waals surface area contributed by atoms with Gasteiger partial charge in [-0.3, -0.25) is 4.79 Å². The highest BCUT2D eigenvalue weighted by atomic mass is 16.5. The minimum absolute atomic E-state index is 0.498. The Hall–Kier alpha value is -1.09. The Morgan fingerprint density at radius 3 is 3.15 bits per heavy atom. The Morgan fingerprint density at radius 2 is 2.46 bits per heavy atom. The molecule has 0 unspecified atom stereocenters. The Balaban J connectivity index is 1.81. The minimum Gasteiger partial charge on any atom is -0.360 e. The van der Waals surface area contributed by atoms with Crippen LogP contribution in [0.25, 0.3) is 0 Å². The predicted molar refractivity (Wildman–Crippen MR) is 48.5 cm³/mol. The fourth-order valence-corrected chi connectivity index (χ4v) is 1.25.